The zero-order valence-electron chi connectivity index (χ0n) is 8.58. The Morgan fingerprint density at radius 2 is 2.29 bits per heavy atom. The van der Waals surface area contributed by atoms with E-state index in [0.717, 1.165) is 36.9 Å². The SMILES string of the molecule is Cc1cc(C2CNCCO2)nc(C)n1. The van der Waals surface area contributed by atoms with Gasteiger partial charge in [0.15, 0.2) is 0 Å². The van der Waals surface area contributed by atoms with Crippen LogP contribution in [-0.2, 0) is 4.74 Å². The fraction of sp³-hybridized carbons (Fsp3) is 0.600. The summed E-state index contributed by atoms with van der Waals surface area (Å²) < 4.78 is 5.62. The largest absolute Gasteiger partial charge is 0.369 e. The maximum atomic E-state index is 5.62. The first-order valence-electron chi connectivity index (χ1n) is 4.90. The van der Waals surface area contributed by atoms with Gasteiger partial charge in [0, 0.05) is 18.8 Å². The first kappa shape index (κ1) is 9.55. The summed E-state index contributed by atoms with van der Waals surface area (Å²) >= 11 is 0. The maximum Gasteiger partial charge on any atom is 0.125 e. The molecule has 0 radical (unpaired) electrons. The zero-order chi connectivity index (χ0) is 9.97. The second-order valence-electron chi connectivity index (χ2n) is 3.54. The molecule has 1 fully saturated rings. The first-order chi connectivity index (χ1) is 6.75. The van der Waals surface area contributed by atoms with E-state index in [1.807, 2.05) is 19.9 Å². The lowest BCUT2D eigenvalue weighted by Gasteiger charge is -2.23. The fourth-order valence-electron chi connectivity index (χ4n) is 1.67. The van der Waals surface area contributed by atoms with Gasteiger partial charge in [-0.15, -0.1) is 0 Å². The second-order valence-corrected chi connectivity index (χ2v) is 3.54. The van der Waals surface area contributed by atoms with Crippen molar-refractivity contribution in [3.63, 3.8) is 0 Å². The number of morpholine rings is 1. The minimum absolute atomic E-state index is 0.0872. The lowest BCUT2D eigenvalue weighted by molar-refractivity contribution is 0.0248. The first-order valence-corrected chi connectivity index (χ1v) is 4.90. The van der Waals surface area contributed by atoms with E-state index in [1.165, 1.54) is 0 Å². The van der Waals surface area contributed by atoms with Gasteiger partial charge in [-0.25, -0.2) is 9.97 Å². The summed E-state index contributed by atoms with van der Waals surface area (Å²) in [6.45, 7) is 6.42. The van der Waals surface area contributed by atoms with Crippen LogP contribution in [0.3, 0.4) is 0 Å². The third kappa shape index (κ3) is 2.08. The van der Waals surface area contributed by atoms with Gasteiger partial charge in [0.05, 0.1) is 12.3 Å². The lowest BCUT2D eigenvalue weighted by Crippen LogP contribution is -2.33. The van der Waals surface area contributed by atoms with Crippen LogP contribution in [0.4, 0.5) is 0 Å². The van der Waals surface area contributed by atoms with Crippen molar-refractivity contribution in [1.82, 2.24) is 15.3 Å². The molecule has 14 heavy (non-hydrogen) atoms. The normalized spacial score (nSPS) is 22.3. The molecule has 1 aliphatic rings. The Hall–Kier alpha value is -1.00. The van der Waals surface area contributed by atoms with E-state index < -0.39 is 0 Å². The summed E-state index contributed by atoms with van der Waals surface area (Å²) in [5.41, 5.74) is 1.99. The average molecular weight is 193 g/mol. The molecule has 2 heterocycles. The Labute approximate surface area is 83.7 Å². The molecule has 0 aromatic carbocycles. The van der Waals surface area contributed by atoms with Crippen LogP contribution < -0.4 is 5.32 Å². The predicted octanol–water partition coefficient (Wildman–Crippen LogP) is 0.754. The smallest absolute Gasteiger partial charge is 0.125 e. The van der Waals surface area contributed by atoms with Gasteiger partial charge < -0.3 is 10.1 Å². The van der Waals surface area contributed by atoms with Crippen molar-refractivity contribution in [3.8, 4) is 0 Å². The summed E-state index contributed by atoms with van der Waals surface area (Å²) in [7, 11) is 0. The molecule has 0 aliphatic carbocycles. The average Bonchev–Trinajstić information content (AvgIpc) is 2.18. The number of hydrogen-bond acceptors (Lipinski definition) is 4. The van der Waals surface area contributed by atoms with Crippen molar-refractivity contribution in [3.05, 3.63) is 23.3 Å². The van der Waals surface area contributed by atoms with E-state index in [2.05, 4.69) is 15.3 Å². The highest BCUT2D eigenvalue weighted by atomic mass is 16.5. The molecule has 0 bridgehead atoms. The maximum absolute atomic E-state index is 5.62. The van der Waals surface area contributed by atoms with E-state index >= 15 is 0 Å². The van der Waals surface area contributed by atoms with Gasteiger partial charge in [-0.3, -0.25) is 0 Å². The molecule has 1 N–H and O–H groups in total. The molecule has 0 spiro atoms. The van der Waals surface area contributed by atoms with E-state index in [0.29, 0.717) is 0 Å². The Bertz CT molecular complexity index is 301. The highest BCUT2D eigenvalue weighted by Crippen LogP contribution is 2.16. The minimum Gasteiger partial charge on any atom is -0.369 e. The highest BCUT2D eigenvalue weighted by molar-refractivity contribution is 5.13. The van der Waals surface area contributed by atoms with Crippen molar-refractivity contribution in [2.24, 2.45) is 0 Å². The van der Waals surface area contributed by atoms with Gasteiger partial charge in [-0.2, -0.15) is 0 Å². The Morgan fingerprint density at radius 3 is 2.93 bits per heavy atom. The molecule has 1 aromatic rings. The Morgan fingerprint density at radius 1 is 1.43 bits per heavy atom. The third-order valence-corrected chi connectivity index (χ3v) is 2.24. The molecule has 1 aliphatic heterocycles. The van der Waals surface area contributed by atoms with E-state index in [4.69, 9.17) is 4.74 Å². The van der Waals surface area contributed by atoms with Gasteiger partial charge >= 0.3 is 0 Å². The number of aryl methyl sites for hydroxylation is 2. The minimum atomic E-state index is 0.0872. The lowest BCUT2D eigenvalue weighted by atomic mass is 10.2. The molecule has 0 amide bonds. The summed E-state index contributed by atoms with van der Waals surface area (Å²) in [5.74, 6) is 0.814. The van der Waals surface area contributed by atoms with Crippen LogP contribution in [0.2, 0.25) is 0 Å². The van der Waals surface area contributed by atoms with Crippen LogP contribution in [0.1, 0.15) is 23.3 Å². The molecule has 1 atom stereocenters. The third-order valence-electron chi connectivity index (χ3n) is 2.24. The molecule has 4 nitrogen and oxygen atoms in total. The van der Waals surface area contributed by atoms with Gasteiger partial charge in [-0.1, -0.05) is 0 Å². The number of hydrogen-bond donors (Lipinski definition) is 1. The topological polar surface area (TPSA) is 47.0 Å². The quantitative estimate of drug-likeness (QED) is 0.715. The fourth-order valence-corrected chi connectivity index (χ4v) is 1.67. The van der Waals surface area contributed by atoms with Gasteiger partial charge in [0.1, 0.15) is 11.9 Å². The number of nitrogens with zero attached hydrogens (tertiary/aromatic N) is 2. The van der Waals surface area contributed by atoms with Crippen LogP contribution in [0, 0.1) is 13.8 Å². The molecule has 0 saturated carbocycles. The van der Waals surface area contributed by atoms with Gasteiger partial charge in [0.2, 0.25) is 0 Å². The molecule has 1 unspecified atom stereocenters. The van der Waals surface area contributed by atoms with Crippen molar-refractivity contribution in [1.29, 1.82) is 0 Å². The van der Waals surface area contributed by atoms with E-state index in [1.54, 1.807) is 0 Å². The Balaban J connectivity index is 2.21. The van der Waals surface area contributed by atoms with Crippen LogP contribution in [0.25, 0.3) is 0 Å². The number of aromatic nitrogens is 2. The monoisotopic (exact) mass is 193 g/mol. The summed E-state index contributed by atoms with van der Waals surface area (Å²) in [6.07, 6.45) is 0.0872. The predicted molar refractivity (Wildman–Crippen MR) is 53.1 cm³/mol. The van der Waals surface area contributed by atoms with Crippen molar-refractivity contribution >= 4 is 0 Å². The second kappa shape index (κ2) is 4.02. The molecule has 1 aromatic heterocycles. The number of ether oxygens (including phenoxy) is 1. The van der Waals surface area contributed by atoms with Crippen molar-refractivity contribution < 1.29 is 4.74 Å². The van der Waals surface area contributed by atoms with Gasteiger partial charge in [0.25, 0.3) is 0 Å². The van der Waals surface area contributed by atoms with Crippen molar-refractivity contribution in [2.75, 3.05) is 19.7 Å². The van der Waals surface area contributed by atoms with Crippen LogP contribution >= 0.6 is 0 Å². The Kier molecular flexibility index (Phi) is 2.74. The summed E-state index contributed by atoms with van der Waals surface area (Å²) in [5, 5.41) is 3.29. The summed E-state index contributed by atoms with van der Waals surface area (Å²) in [4.78, 5) is 8.62. The molecular formula is C10H15N3O. The molecule has 2 rings (SSSR count). The number of rotatable bonds is 1. The van der Waals surface area contributed by atoms with Crippen LogP contribution in [-0.4, -0.2) is 29.7 Å². The standard InChI is InChI=1S/C10H15N3O/c1-7-5-9(13-8(2)12-7)10-6-11-3-4-14-10/h5,10-11H,3-4,6H2,1-2H3. The molecular weight excluding hydrogens is 178 g/mol. The zero-order valence-corrected chi connectivity index (χ0v) is 8.58. The molecule has 1 saturated heterocycles. The molecule has 76 valence electrons. The summed E-state index contributed by atoms with van der Waals surface area (Å²) in [6, 6.07) is 1.99. The van der Waals surface area contributed by atoms with E-state index in [9.17, 15) is 0 Å². The van der Waals surface area contributed by atoms with Gasteiger partial charge in [-0.05, 0) is 19.9 Å². The molecule has 4 heteroatoms. The number of nitrogens with one attached hydrogen (secondary N) is 1. The highest BCUT2D eigenvalue weighted by Gasteiger charge is 2.17. The van der Waals surface area contributed by atoms with Crippen LogP contribution in [0.5, 0.6) is 0 Å². The van der Waals surface area contributed by atoms with E-state index in [-0.39, 0.29) is 6.10 Å². The van der Waals surface area contributed by atoms with Crippen molar-refractivity contribution in [2.45, 2.75) is 20.0 Å². The van der Waals surface area contributed by atoms with Crippen LogP contribution in [0.15, 0.2) is 6.07 Å².